The number of hydrogen-bond acceptors (Lipinski definition) is 7. The summed E-state index contributed by atoms with van der Waals surface area (Å²) in [6, 6.07) is 4.21. The predicted molar refractivity (Wildman–Crippen MR) is 89.4 cm³/mol. The Bertz CT molecular complexity index is 836. The van der Waals surface area contributed by atoms with E-state index in [-0.39, 0.29) is 23.4 Å². The van der Waals surface area contributed by atoms with E-state index in [9.17, 15) is 20.0 Å². The molecule has 1 N–H and O–H groups in total. The summed E-state index contributed by atoms with van der Waals surface area (Å²) in [6.45, 7) is 3.38. The summed E-state index contributed by atoms with van der Waals surface area (Å²) < 4.78 is 11.8. The first-order valence-electron chi connectivity index (χ1n) is 8.37. The lowest BCUT2D eigenvalue weighted by molar-refractivity contribution is -0.385. The standard InChI is InChI=1S/C17H19N3O6/c1-17(2)14(21)13(9-5-4-8(20(23)24)6-12(9)26-17)25-15-10-7-11(10)16(22)19(3)18-15/h4-6,10-11,13-14,21H,7H2,1-3H3/t10-,11+,13-,14+/m0/s1. The summed E-state index contributed by atoms with van der Waals surface area (Å²) in [7, 11) is 1.57. The third kappa shape index (κ3) is 2.50. The topological polar surface area (TPSA) is 114 Å². The van der Waals surface area contributed by atoms with Gasteiger partial charge in [-0.25, -0.2) is 5.01 Å². The first-order chi connectivity index (χ1) is 12.2. The Morgan fingerprint density at radius 3 is 2.85 bits per heavy atom. The van der Waals surface area contributed by atoms with Crippen molar-refractivity contribution in [3.63, 3.8) is 0 Å². The number of benzene rings is 1. The average molecular weight is 361 g/mol. The van der Waals surface area contributed by atoms with Crippen molar-refractivity contribution < 1.29 is 24.3 Å². The Morgan fingerprint density at radius 1 is 1.42 bits per heavy atom. The second-order valence-electron chi connectivity index (χ2n) is 7.42. The SMILES string of the molecule is CN1N=C(O[C@H]2c3ccc([N+](=O)[O-])cc3OC(C)(C)[C@@H]2O)[C@H]2C[C@H]2C1=O. The number of carbonyl (C=O) groups is 1. The fourth-order valence-electron chi connectivity index (χ4n) is 3.46. The van der Waals surface area contributed by atoms with E-state index in [0.29, 0.717) is 23.6 Å². The fourth-order valence-corrected chi connectivity index (χ4v) is 3.46. The van der Waals surface area contributed by atoms with Gasteiger partial charge in [-0.3, -0.25) is 14.9 Å². The number of fused-ring (bicyclic) bond motifs is 2. The third-order valence-corrected chi connectivity index (χ3v) is 5.13. The van der Waals surface area contributed by atoms with Crippen molar-refractivity contribution in [2.24, 2.45) is 16.9 Å². The molecule has 1 aromatic carbocycles. The highest BCUT2D eigenvalue weighted by atomic mass is 16.6. The molecular weight excluding hydrogens is 342 g/mol. The van der Waals surface area contributed by atoms with Crippen molar-refractivity contribution in [2.45, 2.75) is 38.1 Å². The summed E-state index contributed by atoms with van der Waals surface area (Å²) in [5.74, 6) is 0.481. The zero-order valence-corrected chi connectivity index (χ0v) is 14.6. The highest BCUT2D eigenvalue weighted by molar-refractivity contribution is 5.96. The van der Waals surface area contributed by atoms with Crippen LogP contribution in [0.1, 0.15) is 31.9 Å². The van der Waals surface area contributed by atoms with Crippen LogP contribution in [0.4, 0.5) is 5.69 Å². The third-order valence-electron chi connectivity index (χ3n) is 5.13. The summed E-state index contributed by atoms with van der Waals surface area (Å²) in [6.07, 6.45) is -1.13. The van der Waals surface area contributed by atoms with Gasteiger partial charge in [0, 0.05) is 24.6 Å². The number of aliphatic hydroxyl groups excluding tert-OH is 1. The Kier molecular flexibility index (Phi) is 3.49. The van der Waals surface area contributed by atoms with Crippen molar-refractivity contribution in [3.05, 3.63) is 33.9 Å². The van der Waals surface area contributed by atoms with Crippen molar-refractivity contribution in [2.75, 3.05) is 7.05 Å². The van der Waals surface area contributed by atoms with Gasteiger partial charge in [-0.05, 0) is 26.3 Å². The van der Waals surface area contributed by atoms with Gasteiger partial charge in [0.2, 0.25) is 11.8 Å². The van der Waals surface area contributed by atoms with Gasteiger partial charge in [0.05, 0.1) is 16.9 Å². The quantitative estimate of drug-likeness (QED) is 0.632. The molecule has 0 saturated heterocycles. The Hall–Kier alpha value is -2.68. The Morgan fingerprint density at radius 2 is 2.15 bits per heavy atom. The molecule has 9 heteroatoms. The first-order valence-corrected chi connectivity index (χ1v) is 8.37. The van der Waals surface area contributed by atoms with E-state index in [1.54, 1.807) is 20.9 Å². The minimum atomic E-state index is -1.01. The van der Waals surface area contributed by atoms with E-state index in [4.69, 9.17) is 9.47 Å². The molecule has 2 aliphatic heterocycles. The average Bonchev–Trinajstić information content (AvgIpc) is 3.36. The molecule has 1 aliphatic carbocycles. The molecule has 3 aliphatic rings. The molecule has 1 amide bonds. The Labute approximate surface area is 149 Å². The zero-order valence-electron chi connectivity index (χ0n) is 14.6. The number of hydrogen-bond donors (Lipinski definition) is 1. The van der Waals surface area contributed by atoms with E-state index in [1.807, 2.05) is 0 Å². The maximum absolute atomic E-state index is 11.9. The maximum atomic E-state index is 11.9. The van der Waals surface area contributed by atoms with E-state index in [1.165, 1.54) is 23.2 Å². The molecule has 26 heavy (non-hydrogen) atoms. The molecule has 4 rings (SSSR count). The highest BCUT2D eigenvalue weighted by Gasteiger charge is 2.54. The minimum Gasteiger partial charge on any atom is -0.484 e. The Balaban J connectivity index is 1.70. The zero-order chi connectivity index (χ0) is 18.8. The van der Waals surface area contributed by atoms with Gasteiger partial charge < -0.3 is 14.6 Å². The summed E-state index contributed by atoms with van der Waals surface area (Å²) in [5.41, 5.74) is -0.591. The lowest BCUT2D eigenvalue weighted by Gasteiger charge is -2.42. The second-order valence-corrected chi connectivity index (χ2v) is 7.42. The largest absolute Gasteiger partial charge is 0.484 e. The molecule has 0 spiro atoms. The van der Waals surface area contributed by atoms with Crippen molar-refractivity contribution in [1.29, 1.82) is 0 Å². The lowest BCUT2D eigenvalue weighted by atomic mass is 9.88. The van der Waals surface area contributed by atoms with Crippen molar-refractivity contribution >= 4 is 17.5 Å². The van der Waals surface area contributed by atoms with Crippen LogP contribution in [0.5, 0.6) is 5.75 Å². The van der Waals surface area contributed by atoms with Crippen LogP contribution < -0.4 is 4.74 Å². The van der Waals surface area contributed by atoms with Gasteiger partial charge in [-0.15, -0.1) is 5.10 Å². The lowest BCUT2D eigenvalue weighted by Crippen LogP contribution is -2.50. The number of nitrogens with zero attached hydrogens (tertiary/aromatic N) is 3. The molecule has 4 atom stereocenters. The molecule has 2 heterocycles. The summed E-state index contributed by atoms with van der Waals surface area (Å²) >= 11 is 0. The van der Waals surface area contributed by atoms with Crippen LogP contribution in [-0.4, -0.2) is 45.6 Å². The number of rotatable bonds is 2. The van der Waals surface area contributed by atoms with E-state index in [0.717, 1.165) is 0 Å². The molecule has 0 radical (unpaired) electrons. The fraction of sp³-hybridized carbons (Fsp3) is 0.529. The molecule has 0 unspecified atom stereocenters. The normalized spacial score (nSPS) is 31.3. The monoisotopic (exact) mass is 361 g/mol. The van der Waals surface area contributed by atoms with Gasteiger partial charge in [-0.2, -0.15) is 0 Å². The van der Waals surface area contributed by atoms with Gasteiger partial charge in [0.15, 0.2) is 6.10 Å². The number of non-ortho nitro benzene ring substituents is 1. The number of nitro groups is 1. The maximum Gasteiger partial charge on any atom is 0.273 e. The van der Waals surface area contributed by atoms with Gasteiger partial charge in [0.1, 0.15) is 17.5 Å². The molecule has 1 saturated carbocycles. The second kappa shape index (κ2) is 5.41. The van der Waals surface area contributed by atoms with Crippen LogP contribution >= 0.6 is 0 Å². The van der Waals surface area contributed by atoms with E-state index < -0.39 is 22.7 Å². The van der Waals surface area contributed by atoms with Gasteiger partial charge >= 0.3 is 0 Å². The molecule has 0 aromatic heterocycles. The van der Waals surface area contributed by atoms with E-state index >= 15 is 0 Å². The number of carbonyl (C=O) groups excluding carboxylic acids is 1. The highest BCUT2D eigenvalue weighted by Crippen LogP contribution is 2.48. The van der Waals surface area contributed by atoms with Crippen LogP contribution in [0.25, 0.3) is 0 Å². The summed E-state index contributed by atoms with van der Waals surface area (Å²) in [4.78, 5) is 22.4. The summed E-state index contributed by atoms with van der Waals surface area (Å²) in [5, 5.41) is 27.2. The molecule has 1 aromatic rings. The van der Waals surface area contributed by atoms with Crippen LogP contribution in [-0.2, 0) is 9.53 Å². The molecule has 138 valence electrons. The number of nitro benzene ring substituents is 1. The van der Waals surface area contributed by atoms with Crippen molar-refractivity contribution in [3.8, 4) is 5.75 Å². The molecule has 1 fully saturated rings. The minimum absolute atomic E-state index is 0.0359. The van der Waals surface area contributed by atoms with Gasteiger partial charge in [0.25, 0.3) is 5.69 Å². The predicted octanol–water partition coefficient (Wildman–Crippen LogP) is 1.61. The number of ether oxygens (including phenoxy) is 2. The van der Waals surface area contributed by atoms with E-state index in [2.05, 4.69) is 5.10 Å². The van der Waals surface area contributed by atoms with Crippen molar-refractivity contribution in [1.82, 2.24) is 5.01 Å². The van der Waals surface area contributed by atoms with Crippen LogP contribution in [0.3, 0.4) is 0 Å². The molecule has 0 bridgehead atoms. The van der Waals surface area contributed by atoms with Crippen LogP contribution in [0.15, 0.2) is 23.3 Å². The molecule has 9 nitrogen and oxygen atoms in total. The number of amides is 1. The first kappa shape index (κ1) is 16.8. The van der Waals surface area contributed by atoms with Crippen LogP contribution in [0.2, 0.25) is 0 Å². The number of aliphatic hydroxyl groups is 1. The van der Waals surface area contributed by atoms with Gasteiger partial charge in [-0.1, -0.05) is 0 Å². The molecular formula is C17H19N3O6. The van der Waals surface area contributed by atoms with Crippen LogP contribution in [0, 0.1) is 22.0 Å². The number of hydrazone groups is 1. The smallest absolute Gasteiger partial charge is 0.273 e.